The van der Waals surface area contributed by atoms with Crippen molar-refractivity contribution >= 4 is 50.7 Å². The van der Waals surface area contributed by atoms with Crippen molar-refractivity contribution in [3.8, 4) is 0 Å². The van der Waals surface area contributed by atoms with E-state index in [2.05, 4.69) is 21.2 Å². The van der Waals surface area contributed by atoms with Crippen LogP contribution in [0.1, 0.15) is 17.9 Å². The van der Waals surface area contributed by atoms with E-state index in [-0.39, 0.29) is 17.7 Å². The predicted octanol–water partition coefficient (Wildman–Crippen LogP) is 5.50. The highest BCUT2D eigenvalue weighted by Gasteiger charge is 2.44. The summed E-state index contributed by atoms with van der Waals surface area (Å²) in [5, 5.41) is 4.15. The monoisotopic (exact) mass is 383 g/mol. The van der Waals surface area contributed by atoms with Crippen LogP contribution in [0, 0.1) is 5.92 Å². The minimum atomic E-state index is -0.0153. The van der Waals surface area contributed by atoms with Crippen LogP contribution < -0.4 is 5.32 Å². The molecule has 0 aromatic heterocycles. The number of hydrogen-bond donors (Lipinski definition) is 1. The molecular weight excluding hydrogens is 373 g/mol. The summed E-state index contributed by atoms with van der Waals surface area (Å²) >= 11 is 15.4. The number of amides is 1. The molecule has 0 radical (unpaired) electrons. The number of hydrogen-bond acceptors (Lipinski definition) is 1. The van der Waals surface area contributed by atoms with Gasteiger partial charge in [0.1, 0.15) is 0 Å². The molecule has 1 fully saturated rings. The maximum atomic E-state index is 12.2. The van der Waals surface area contributed by atoms with Gasteiger partial charge < -0.3 is 5.32 Å². The van der Waals surface area contributed by atoms with Crippen molar-refractivity contribution in [2.45, 2.75) is 12.3 Å². The molecule has 0 saturated heterocycles. The van der Waals surface area contributed by atoms with Crippen molar-refractivity contribution in [3.05, 3.63) is 62.5 Å². The van der Waals surface area contributed by atoms with Gasteiger partial charge in [0.15, 0.2) is 0 Å². The summed E-state index contributed by atoms with van der Waals surface area (Å²) in [5.74, 6) is 0.223. The lowest BCUT2D eigenvalue weighted by Crippen LogP contribution is -2.14. The zero-order chi connectivity index (χ0) is 15.0. The molecule has 21 heavy (non-hydrogen) atoms. The Labute approximate surface area is 141 Å². The van der Waals surface area contributed by atoms with Crippen molar-refractivity contribution < 1.29 is 4.79 Å². The summed E-state index contributed by atoms with van der Waals surface area (Å²) in [5.41, 5.74) is 1.83. The van der Waals surface area contributed by atoms with Gasteiger partial charge in [-0.15, -0.1) is 0 Å². The Hall–Kier alpha value is -1.03. The minimum absolute atomic E-state index is 0.0153. The number of nitrogens with one attached hydrogen (secondary N) is 1. The molecule has 3 rings (SSSR count). The van der Waals surface area contributed by atoms with Gasteiger partial charge in [-0.05, 0) is 54.3 Å². The van der Waals surface area contributed by atoms with Crippen LogP contribution in [0.5, 0.6) is 0 Å². The van der Waals surface area contributed by atoms with Gasteiger partial charge in [-0.1, -0.05) is 45.2 Å². The van der Waals surface area contributed by atoms with Crippen LogP contribution >= 0.6 is 39.1 Å². The van der Waals surface area contributed by atoms with E-state index in [1.165, 1.54) is 0 Å². The SMILES string of the molecule is O=C(Nc1cccc(Br)c1)[C@@H]1C[C@H]1c1cc(Cl)cc(Cl)c1. The van der Waals surface area contributed by atoms with Crippen molar-refractivity contribution in [2.24, 2.45) is 5.92 Å². The molecular formula is C16H12BrCl2NO. The predicted molar refractivity (Wildman–Crippen MR) is 90.1 cm³/mol. The summed E-state index contributed by atoms with van der Waals surface area (Å²) in [7, 11) is 0. The Kier molecular flexibility index (Phi) is 4.25. The smallest absolute Gasteiger partial charge is 0.228 e. The molecule has 0 heterocycles. The van der Waals surface area contributed by atoms with E-state index in [4.69, 9.17) is 23.2 Å². The molecule has 1 aliphatic carbocycles. The Morgan fingerprint density at radius 3 is 2.52 bits per heavy atom. The Morgan fingerprint density at radius 1 is 1.14 bits per heavy atom. The summed E-state index contributed by atoms with van der Waals surface area (Å²) in [4.78, 5) is 12.2. The molecule has 108 valence electrons. The molecule has 2 atom stereocenters. The first kappa shape index (κ1) is 14.9. The van der Waals surface area contributed by atoms with Gasteiger partial charge in [0.25, 0.3) is 0 Å². The second-order valence-corrected chi connectivity index (χ2v) is 6.94. The standard InChI is InChI=1S/C16H12BrCl2NO/c17-10-2-1-3-13(6-10)20-16(21)15-8-14(15)9-4-11(18)7-12(19)5-9/h1-7,14-15H,8H2,(H,20,21)/t14-,15+/m0/s1. The van der Waals surface area contributed by atoms with Gasteiger partial charge in [-0.2, -0.15) is 0 Å². The lowest BCUT2D eigenvalue weighted by Gasteiger charge is -2.06. The lowest BCUT2D eigenvalue weighted by molar-refractivity contribution is -0.117. The quantitative estimate of drug-likeness (QED) is 0.743. The first-order valence-corrected chi connectivity index (χ1v) is 8.10. The van der Waals surface area contributed by atoms with E-state index in [0.29, 0.717) is 10.0 Å². The maximum Gasteiger partial charge on any atom is 0.228 e. The van der Waals surface area contributed by atoms with Crippen LogP contribution in [0.25, 0.3) is 0 Å². The number of carbonyl (C=O) groups excluding carboxylic acids is 1. The van der Waals surface area contributed by atoms with Gasteiger partial charge in [0.2, 0.25) is 5.91 Å². The van der Waals surface area contributed by atoms with E-state index in [9.17, 15) is 4.79 Å². The van der Waals surface area contributed by atoms with E-state index >= 15 is 0 Å². The summed E-state index contributed by atoms with van der Waals surface area (Å²) < 4.78 is 0.939. The average Bonchev–Trinajstić information content (AvgIpc) is 3.17. The topological polar surface area (TPSA) is 29.1 Å². The third kappa shape index (κ3) is 3.60. The molecule has 2 nitrogen and oxygen atoms in total. The molecule has 2 aromatic rings. The average molecular weight is 385 g/mol. The van der Waals surface area contributed by atoms with Crippen molar-refractivity contribution in [1.29, 1.82) is 0 Å². The minimum Gasteiger partial charge on any atom is -0.326 e. The summed E-state index contributed by atoms with van der Waals surface area (Å²) in [6.45, 7) is 0. The van der Waals surface area contributed by atoms with Crippen molar-refractivity contribution in [1.82, 2.24) is 0 Å². The molecule has 1 amide bonds. The van der Waals surface area contributed by atoms with Crippen LogP contribution in [0.2, 0.25) is 10.0 Å². The first-order chi connectivity index (χ1) is 10.0. The highest BCUT2D eigenvalue weighted by Crippen LogP contribution is 2.49. The third-order valence-corrected chi connectivity index (χ3v) is 4.46. The molecule has 1 aliphatic rings. The highest BCUT2D eigenvalue weighted by molar-refractivity contribution is 9.10. The zero-order valence-corrected chi connectivity index (χ0v) is 14.0. The van der Waals surface area contributed by atoms with Crippen LogP contribution in [-0.4, -0.2) is 5.91 Å². The van der Waals surface area contributed by atoms with Gasteiger partial charge >= 0.3 is 0 Å². The third-order valence-electron chi connectivity index (χ3n) is 3.53. The molecule has 1 saturated carbocycles. The Morgan fingerprint density at radius 2 is 1.86 bits per heavy atom. The number of carbonyl (C=O) groups is 1. The van der Waals surface area contributed by atoms with E-state index in [1.54, 1.807) is 6.07 Å². The maximum absolute atomic E-state index is 12.2. The fraction of sp³-hybridized carbons (Fsp3) is 0.188. The van der Waals surface area contributed by atoms with E-state index < -0.39 is 0 Å². The fourth-order valence-electron chi connectivity index (χ4n) is 2.44. The number of rotatable bonds is 3. The first-order valence-electron chi connectivity index (χ1n) is 6.55. The second-order valence-electron chi connectivity index (χ2n) is 5.15. The Bertz CT molecular complexity index is 684. The number of halogens is 3. The highest BCUT2D eigenvalue weighted by atomic mass is 79.9. The summed E-state index contributed by atoms with van der Waals surface area (Å²) in [6, 6.07) is 13.0. The normalized spacial score (nSPS) is 20.1. The Balaban J connectivity index is 1.68. The second kappa shape index (κ2) is 5.99. The van der Waals surface area contributed by atoms with Crippen LogP contribution in [0.4, 0.5) is 5.69 Å². The number of benzene rings is 2. The molecule has 0 unspecified atom stereocenters. The van der Waals surface area contributed by atoms with Gasteiger partial charge in [0.05, 0.1) is 0 Å². The van der Waals surface area contributed by atoms with Crippen LogP contribution in [0.3, 0.4) is 0 Å². The molecule has 0 aliphatic heterocycles. The van der Waals surface area contributed by atoms with Crippen LogP contribution in [0.15, 0.2) is 46.9 Å². The molecule has 0 bridgehead atoms. The number of anilines is 1. The summed E-state index contributed by atoms with van der Waals surface area (Å²) in [6.07, 6.45) is 0.830. The lowest BCUT2D eigenvalue weighted by atomic mass is 10.1. The van der Waals surface area contributed by atoms with E-state index in [1.807, 2.05) is 36.4 Å². The molecule has 2 aromatic carbocycles. The van der Waals surface area contributed by atoms with E-state index in [0.717, 1.165) is 22.1 Å². The molecule has 5 heteroatoms. The largest absolute Gasteiger partial charge is 0.326 e. The molecule has 0 spiro atoms. The van der Waals surface area contributed by atoms with Gasteiger partial charge in [-0.3, -0.25) is 4.79 Å². The van der Waals surface area contributed by atoms with Crippen LogP contribution in [-0.2, 0) is 4.79 Å². The zero-order valence-electron chi connectivity index (χ0n) is 10.9. The van der Waals surface area contributed by atoms with Gasteiger partial charge in [0, 0.05) is 26.1 Å². The fourth-order valence-corrected chi connectivity index (χ4v) is 3.39. The molecule has 1 N–H and O–H groups in total. The van der Waals surface area contributed by atoms with Gasteiger partial charge in [-0.25, -0.2) is 0 Å². The van der Waals surface area contributed by atoms with Crippen molar-refractivity contribution in [3.63, 3.8) is 0 Å². The van der Waals surface area contributed by atoms with Crippen molar-refractivity contribution in [2.75, 3.05) is 5.32 Å².